The van der Waals surface area contributed by atoms with E-state index in [1.807, 2.05) is 44.2 Å². The highest BCUT2D eigenvalue weighted by Gasteiger charge is 2.06. The van der Waals surface area contributed by atoms with Gasteiger partial charge in [0.05, 0.1) is 6.42 Å². The number of thiophene rings is 1. The number of halogens is 1. The smallest absolute Gasteiger partial charge is 0.229 e. The Morgan fingerprint density at radius 1 is 1.28 bits per heavy atom. The second kappa shape index (κ2) is 5.67. The number of aryl methyl sites for hydroxylation is 2. The Balaban J connectivity index is 2.00. The molecule has 1 aromatic heterocycles. The van der Waals surface area contributed by atoms with Crippen LogP contribution in [0.25, 0.3) is 0 Å². The Hall–Kier alpha value is -1.13. The van der Waals surface area contributed by atoms with Crippen molar-refractivity contribution in [1.29, 1.82) is 0 Å². The molecule has 0 unspecified atom stereocenters. The molecular weight excluding hydrogens is 310 g/mol. The highest BCUT2D eigenvalue weighted by molar-refractivity contribution is 9.10. The van der Waals surface area contributed by atoms with Crippen LogP contribution < -0.4 is 5.32 Å². The molecule has 0 aliphatic rings. The summed E-state index contributed by atoms with van der Waals surface area (Å²) in [5, 5.41) is 2.91. The van der Waals surface area contributed by atoms with Gasteiger partial charge in [0.15, 0.2) is 0 Å². The third kappa shape index (κ3) is 3.43. The summed E-state index contributed by atoms with van der Waals surface area (Å²) in [7, 11) is 0. The lowest BCUT2D eigenvalue weighted by atomic mass is 10.2. The number of nitrogens with one attached hydrogen (secondary N) is 1. The topological polar surface area (TPSA) is 29.1 Å². The summed E-state index contributed by atoms with van der Waals surface area (Å²) in [5.74, 6) is 0.0209. The van der Waals surface area contributed by atoms with Crippen molar-refractivity contribution in [2.75, 3.05) is 5.32 Å². The summed E-state index contributed by atoms with van der Waals surface area (Å²) in [6, 6.07) is 9.86. The molecule has 0 spiro atoms. The van der Waals surface area contributed by atoms with Crippen LogP contribution in [0.3, 0.4) is 0 Å². The summed E-state index contributed by atoms with van der Waals surface area (Å²) >= 11 is 5.12. The first-order chi connectivity index (χ1) is 8.54. The average Bonchev–Trinajstić information content (AvgIpc) is 2.69. The minimum Gasteiger partial charge on any atom is -0.326 e. The van der Waals surface area contributed by atoms with E-state index in [1.165, 1.54) is 4.88 Å². The summed E-state index contributed by atoms with van der Waals surface area (Å²) in [5.41, 5.74) is 1.98. The van der Waals surface area contributed by atoms with Gasteiger partial charge in [-0.1, -0.05) is 22.0 Å². The van der Waals surface area contributed by atoms with E-state index < -0.39 is 0 Å². The molecule has 0 bridgehead atoms. The SMILES string of the molecule is Cc1ccc(CC(=O)Nc2ccc(C)c(Br)c2)s1. The molecule has 1 amide bonds. The molecule has 0 aliphatic carbocycles. The maximum absolute atomic E-state index is 11.9. The molecular formula is C14H14BrNOS. The van der Waals surface area contributed by atoms with Crippen LogP contribution in [0, 0.1) is 13.8 Å². The van der Waals surface area contributed by atoms with Crippen molar-refractivity contribution in [3.05, 3.63) is 50.1 Å². The average molecular weight is 324 g/mol. The monoisotopic (exact) mass is 323 g/mol. The Labute approximate surface area is 119 Å². The molecule has 0 aliphatic heterocycles. The molecule has 0 atom stereocenters. The zero-order valence-corrected chi connectivity index (χ0v) is 12.7. The third-order valence-electron chi connectivity index (χ3n) is 2.59. The van der Waals surface area contributed by atoms with Crippen molar-refractivity contribution in [3.63, 3.8) is 0 Å². The van der Waals surface area contributed by atoms with Crippen molar-refractivity contribution in [2.24, 2.45) is 0 Å². The van der Waals surface area contributed by atoms with Gasteiger partial charge in [-0.15, -0.1) is 11.3 Å². The second-order valence-electron chi connectivity index (χ2n) is 4.20. The number of anilines is 1. The zero-order valence-electron chi connectivity index (χ0n) is 10.3. The van der Waals surface area contributed by atoms with E-state index in [-0.39, 0.29) is 5.91 Å². The second-order valence-corrected chi connectivity index (χ2v) is 6.43. The molecule has 0 radical (unpaired) electrons. The van der Waals surface area contributed by atoms with Gasteiger partial charge < -0.3 is 5.32 Å². The van der Waals surface area contributed by atoms with Crippen molar-refractivity contribution < 1.29 is 4.79 Å². The molecule has 18 heavy (non-hydrogen) atoms. The van der Waals surface area contributed by atoms with E-state index in [4.69, 9.17) is 0 Å². The van der Waals surface area contributed by atoms with Gasteiger partial charge in [0, 0.05) is 19.9 Å². The lowest BCUT2D eigenvalue weighted by Crippen LogP contribution is -2.13. The van der Waals surface area contributed by atoms with Gasteiger partial charge in [-0.2, -0.15) is 0 Å². The first-order valence-electron chi connectivity index (χ1n) is 5.66. The number of benzene rings is 1. The quantitative estimate of drug-likeness (QED) is 0.896. The number of carbonyl (C=O) groups is 1. The van der Waals surface area contributed by atoms with Crippen molar-refractivity contribution in [3.8, 4) is 0 Å². The zero-order chi connectivity index (χ0) is 13.1. The van der Waals surface area contributed by atoms with Crippen LogP contribution in [0.1, 0.15) is 15.3 Å². The van der Waals surface area contributed by atoms with Crippen LogP contribution in [0.15, 0.2) is 34.8 Å². The summed E-state index contributed by atoms with van der Waals surface area (Å²) < 4.78 is 1.01. The van der Waals surface area contributed by atoms with Crippen molar-refractivity contribution in [2.45, 2.75) is 20.3 Å². The van der Waals surface area contributed by atoms with E-state index in [9.17, 15) is 4.79 Å². The molecule has 1 heterocycles. The molecule has 2 aromatic rings. The van der Waals surface area contributed by atoms with Gasteiger partial charge in [-0.25, -0.2) is 0 Å². The van der Waals surface area contributed by atoms with Gasteiger partial charge in [0.1, 0.15) is 0 Å². The highest BCUT2D eigenvalue weighted by Crippen LogP contribution is 2.21. The van der Waals surface area contributed by atoms with Crippen LogP contribution in [-0.2, 0) is 11.2 Å². The molecule has 0 saturated heterocycles. The van der Waals surface area contributed by atoms with Crippen LogP contribution in [0.5, 0.6) is 0 Å². The van der Waals surface area contributed by atoms with Gasteiger partial charge in [0.25, 0.3) is 0 Å². The largest absolute Gasteiger partial charge is 0.326 e. The lowest BCUT2D eigenvalue weighted by Gasteiger charge is -2.06. The lowest BCUT2D eigenvalue weighted by molar-refractivity contribution is -0.115. The molecule has 0 saturated carbocycles. The third-order valence-corrected chi connectivity index (χ3v) is 4.44. The molecule has 1 aromatic carbocycles. The number of hydrogen-bond donors (Lipinski definition) is 1. The molecule has 4 heteroatoms. The normalized spacial score (nSPS) is 10.4. The Morgan fingerprint density at radius 3 is 2.67 bits per heavy atom. The maximum atomic E-state index is 11.9. The fourth-order valence-electron chi connectivity index (χ4n) is 1.61. The van der Waals surface area contributed by atoms with E-state index in [2.05, 4.69) is 21.2 Å². The van der Waals surface area contributed by atoms with Gasteiger partial charge in [-0.3, -0.25) is 4.79 Å². The summed E-state index contributed by atoms with van der Waals surface area (Å²) in [6.45, 7) is 4.06. The van der Waals surface area contributed by atoms with E-state index >= 15 is 0 Å². The summed E-state index contributed by atoms with van der Waals surface area (Å²) in [4.78, 5) is 14.2. The van der Waals surface area contributed by atoms with E-state index in [0.717, 1.165) is 20.6 Å². The predicted octanol–water partition coefficient (Wildman–Crippen LogP) is 4.31. The summed E-state index contributed by atoms with van der Waals surface area (Å²) in [6.07, 6.45) is 0.435. The maximum Gasteiger partial charge on any atom is 0.229 e. The van der Waals surface area contributed by atoms with Crippen LogP contribution >= 0.6 is 27.3 Å². The number of hydrogen-bond acceptors (Lipinski definition) is 2. The molecule has 0 fully saturated rings. The first kappa shape index (κ1) is 13.3. The molecule has 1 N–H and O–H groups in total. The Morgan fingerprint density at radius 2 is 2.06 bits per heavy atom. The minimum atomic E-state index is 0.0209. The van der Waals surface area contributed by atoms with Gasteiger partial charge in [0.2, 0.25) is 5.91 Å². The molecule has 94 valence electrons. The van der Waals surface area contributed by atoms with Crippen LogP contribution in [0.4, 0.5) is 5.69 Å². The minimum absolute atomic E-state index is 0.0209. The van der Waals surface area contributed by atoms with Crippen molar-refractivity contribution >= 4 is 38.9 Å². The van der Waals surface area contributed by atoms with Gasteiger partial charge in [-0.05, 0) is 43.7 Å². The standard InChI is InChI=1S/C14H14BrNOS/c1-9-3-5-11(7-13(9)15)16-14(17)8-12-6-4-10(2)18-12/h3-7H,8H2,1-2H3,(H,16,17). The highest BCUT2D eigenvalue weighted by atomic mass is 79.9. The van der Waals surface area contributed by atoms with E-state index in [0.29, 0.717) is 6.42 Å². The Kier molecular flexibility index (Phi) is 4.19. The van der Waals surface area contributed by atoms with Crippen LogP contribution in [-0.4, -0.2) is 5.91 Å². The Bertz CT molecular complexity index is 577. The number of amides is 1. The van der Waals surface area contributed by atoms with E-state index in [1.54, 1.807) is 11.3 Å². The van der Waals surface area contributed by atoms with Crippen molar-refractivity contribution in [1.82, 2.24) is 0 Å². The first-order valence-corrected chi connectivity index (χ1v) is 7.27. The van der Waals surface area contributed by atoms with Gasteiger partial charge >= 0.3 is 0 Å². The fraction of sp³-hybridized carbons (Fsp3) is 0.214. The number of carbonyl (C=O) groups excluding carboxylic acids is 1. The molecule has 2 nitrogen and oxygen atoms in total. The molecule has 2 rings (SSSR count). The predicted molar refractivity (Wildman–Crippen MR) is 80.3 cm³/mol. The number of rotatable bonds is 3. The fourth-order valence-corrected chi connectivity index (χ4v) is 2.88. The van der Waals surface area contributed by atoms with Crippen LogP contribution in [0.2, 0.25) is 0 Å².